The highest BCUT2D eigenvalue weighted by Crippen LogP contribution is 2.40. The van der Waals surface area contributed by atoms with Crippen molar-refractivity contribution in [3.63, 3.8) is 0 Å². The van der Waals surface area contributed by atoms with E-state index in [1.807, 2.05) is 48.7 Å². The zero-order valence-corrected chi connectivity index (χ0v) is 21.1. The van der Waals surface area contributed by atoms with E-state index in [1.54, 1.807) is 43.1 Å². The Kier molecular flexibility index (Phi) is 6.62. The van der Waals surface area contributed by atoms with Gasteiger partial charge >= 0.3 is 0 Å². The number of ether oxygens (including phenoxy) is 2. The largest absolute Gasteiger partial charge is 0.452 e. The molecule has 5 rings (SSSR count). The smallest absolute Gasteiger partial charge is 0.195 e. The number of nitrogens with zero attached hydrogens (tertiary/aromatic N) is 3. The molecule has 0 aliphatic carbocycles. The number of benzene rings is 2. The quantitative estimate of drug-likeness (QED) is 0.245. The number of hydrogen-bond donors (Lipinski definition) is 1. The van der Waals surface area contributed by atoms with E-state index in [-0.39, 0.29) is 10.8 Å². The van der Waals surface area contributed by atoms with Gasteiger partial charge in [-0.1, -0.05) is 25.1 Å². The molecule has 10 heteroatoms. The van der Waals surface area contributed by atoms with Gasteiger partial charge in [0, 0.05) is 23.2 Å². The van der Waals surface area contributed by atoms with Gasteiger partial charge in [-0.25, -0.2) is 18.4 Å². The number of thioether (sulfide) groups is 1. The molecule has 0 saturated carbocycles. The van der Waals surface area contributed by atoms with E-state index in [4.69, 9.17) is 9.47 Å². The maximum Gasteiger partial charge on any atom is 0.195 e. The maximum absolute atomic E-state index is 12.1. The van der Waals surface area contributed by atoms with Crippen LogP contribution in [0.1, 0.15) is 6.92 Å². The average Bonchev–Trinajstić information content (AvgIpc) is 3.33. The third-order valence-corrected chi connectivity index (χ3v) is 7.80. The van der Waals surface area contributed by atoms with Crippen LogP contribution in [-0.2, 0) is 9.84 Å². The second-order valence-electron chi connectivity index (χ2n) is 7.71. The van der Waals surface area contributed by atoms with Crippen LogP contribution in [-0.4, -0.2) is 40.4 Å². The molecular weight excluding hydrogens is 496 g/mol. The number of H-pyrrole nitrogens is 1. The molecule has 0 aliphatic heterocycles. The van der Waals surface area contributed by atoms with E-state index in [9.17, 15) is 8.42 Å². The molecule has 2 aromatic carbocycles. The van der Waals surface area contributed by atoms with Crippen LogP contribution in [0.5, 0.6) is 23.0 Å². The minimum Gasteiger partial charge on any atom is -0.452 e. The van der Waals surface area contributed by atoms with Gasteiger partial charge in [0.2, 0.25) is 0 Å². The summed E-state index contributed by atoms with van der Waals surface area (Å²) in [5, 5.41) is 0.00624. The van der Waals surface area contributed by atoms with Gasteiger partial charge < -0.3 is 14.5 Å². The van der Waals surface area contributed by atoms with E-state index < -0.39 is 9.84 Å². The molecule has 0 spiro atoms. The summed E-state index contributed by atoms with van der Waals surface area (Å²) >= 11 is 1.57. The molecular formula is C26H22N4O4S2. The summed E-state index contributed by atoms with van der Waals surface area (Å²) < 4.78 is 36.6. The molecule has 0 bridgehead atoms. The minimum absolute atomic E-state index is 0.00624. The minimum atomic E-state index is -3.41. The lowest BCUT2D eigenvalue weighted by molar-refractivity contribution is 0.413. The summed E-state index contributed by atoms with van der Waals surface area (Å²) in [6.07, 6.45) is 5.08. The second kappa shape index (κ2) is 10.00. The van der Waals surface area contributed by atoms with E-state index >= 15 is 0 Å². The average molecular weight is 519 g/mol. The summed E-state index contributed by atoms with van der Waals surface area (Å²) in [6, 6.07) is 19.9. The van der Waals surface area contributed by atoms with Crippen molar-refractivity contribution in [2.75, 3.05) is 12.0 Å². The molecule has 0 fully saturated rings. The predicted octanol–water partition coefficient (Wildman–Crippen LogP) is 6.12. The highest BCUT2D eigenvalue weighted by molar-refractivity contribution is 7.98. The Balaban J connectivity index is 1.57. The SMILES string of the molecule is CCS(=O)(=O)c1ccc(Oc2cc3[nH]c(-c4ccccn4)nc3cc2Oc2ccccc2SC)cn1. The summed E-state index contributed by atoms with van der Waals surface area (Å²) in [4.78, 5) is 17.4. The summed E-state index contributed by atoms with van der Waals surface area (Å²) in [5.41, 5.74) is 2.12. The Morgan fingerprint density at radius 1 is 0.917 bits per heavy atom. The van der Waals surface area contributed by atoms with Crippen molar-refractivity contribution in [1.29, 1.82) is 0 Å². The lowest BCUT2D eigenvalue weighted by atomic mass is 10.2. The molecule has 0 aliphatic rings. The number of hydrogen-bond acceptors (Lipinski definition) is 8. The Labute approximate surface area is 212 Å². The lowest BCUT2D eigenvalue weighted by Gasteiger charge is -2.14. The van der Waals surface area contributed by atoms with Crippen LogP contribution >= 0.6 is 11.8 Å². The number of nitrogens with one attached hydrogen (secondary N) is 1. The van der Waals surface area contributed by atoms with Crippen molar-refractivity contribution in [3.05, 3.63) is 79.1 Å². The first-order chi connectivity index (χ1) is 17.5. The fraction of sp³-hybridized carbons (Fsp3) is 0.115. The summed E-state index contributed by atoms with van der Waals surface area (Å²) in [7, 11) is -3.41. The Hall–Kier alpha value is -3.89. The number of imidazole rings is 1. The van der Waals surface area contributed by atoms with Gasteiger partial charge in [-0.05, 0) is 42.7 Å². The number of fused-ring (bicyclic) bond motifs is 1. The monoisotopic (exact) mass is 518 g/mol. The number of aromatic amines is 1. The molecule has 0 radical (unpaired) electrons. The predicted molar refractivity (Wildman–Crippen MR) is 140 cm³/mol. The standard InChI is InChI=1S/C26H22N4O4S2/c1-3-36(31,32)25-12-11-17(16-28-25)33-22-14-19-20(30-26(29-19)18-8-6-7-13-27-18)15-23(22)34-21-9-4-5-10-24(21)35-2/h4-16H,3H2,1-2H3,(H,29,30). The fourth-order valence-electron chi connectivity index (χ4n) is 3.51. The number of para-hydroxylation sites is 1. The zero-order chi connectivity index (χ0) is 25.1. The molecule has 8 nitrogen and oxygen atoms in total. The number of rotatable bonds is 8. The Bertz CT molecular complexity index is 1620. The molecule has 36 heavy (non-hydrogen) atoms. The Morgan fingerprint density at radius 2 is 1.72 bits per heavy atom. The van der Waals surface area contributed by atoms with Crippen LogP contribution < -0.4 is 9.47 Å². The molecule has 0 atom stereocenters. The first-order valence-corrected chi connectivity index (χ1v) is 14.0. The van der Waals surface area contributed by atoms with Crippen molar-refractivity contribution in [2.24, 2.45) is 0 Å². The molecule has 0 saturated heterocycles. The van der Waals surface area contributed by atoms with Crippen LogP contribution in [0.25, 0.3) is 22.6 Å². The fourth-order valence-corrected chi connectivity index (χ4v) is 4.82. The van der Waals surface area contributed by atoms with Crippen LogP contribution in [0.3, 0.4) is 0 Å². The van der Waals surface area contributed by atoms with Gasteiger partial charge in [-0.3, -0.25) is 4.98 Å². The van der Waals surface area contributed by atoms with Crippen LogP contribution in [0, 0.1) is 0 Å². The first kappa shape index (κ1) is 23.8. The van der Waals surface area contributed by atoms with E-state index in [0.717, 1.165) is 10.4 Å². The molecule has 3 heterocycles. The van der Waals surface area contributed by atoms with Gasteiger partial charge in [-0.15, -0.1) is 11.8 Å². The Morgan fingerprint density at radius 3 is 2.44 bits per heavy atom. The van der Waals surface area contributed by atoms with Crippen molar-refractivity contribution in [2.45, 2.75) is 16.8 Å². The normalized spacial score (nSPS) is 11.5. The van der Waals surface area contributed by atoms with Gasteiger partial charge in [0.25, 0.3) is 0 Å². The van der Waals surface area contributed by atoms with Crippen LogP contribution in [0.4, 0.5) is 0 Å². The van der Waals surface area contributed by atoms with Gasteiger partial charge in [0.15, 0.2) is 32.2 Å². The van der Waals surface area contributed by atoms with Gasteiger partial charge in [-0.2, -0.15) is 0 Å². The van der Waals surface area contributed by atoms with E-state index in [1.165, 1.54) is 12.3 Å². The van der Waals surface area contributed by atoms with Gasteiger partial charge in [0.05, 0.1) is 23.0 Å². The van der Waals surface area contributed by atoms with Gasteiger partial charge in [0.1, 0.15) is 17.2 Å². The number of aromatic nitrogens is 4. The van der Waals surface area contributed by atoms with Crippen molar-refractivity contribution >= 4 is 32.6 Å². The third kappa shape index (κ3) is 4.91. The first-order valence-electron chi connectivity index (χ1n) is 11.1. The second-order valence-corrected chi connectivity index (χ2v) is 10.8. The molecule has 1 N–H and O–H groups in total. The molecule has 182 valence electrons. The molecule has 0 amide bonds. The van der Waals surface area contributed by atoms with Crippen molar-refractivity contribution < 1.29 is 17.9 Å². The summed E-state index contributed by atoms with van der Waals surface area (Å²) in [5.74, 6) is 2.52. The highest BCUT2D eigenvalue weighted by Gasteiger charge is 2.17. The van der Waals surface area contributed by atoms with Crippen molar-refractivity contribution in [3.8, 4) is 34.5 Å². The van der Waals surface area contributed by atoms with E-state index in [2.05, 4.69) is 19.9 Å². The third-order valence-electron chi connectivity index (χ3n) is 5.38. The number of sulfone groups is 1. The van der Waals surface area contributed by atoms with Crippen LogP contribution in [0.15, 0.2) is 89.0 Å². The molecule has 3 aromatic heterocycles. The maximum atomic E-state index is 12.1. The molecule has 5 aromatic rings. The molecule has 0 unspecified atom stereocenters. The lowest BCUT2D eigenvalue weighted by Crippen LogP contribution is -2.05. The summed E-state index contributed by atoms with van der Waals surface area (Å²) in [6.45, 7) is 1.58. The zero-order valence-electron chi connectivity index (χ0n) is 19.5. The van der Waals surface area contributed by atoms with Crippen molar-refractivity contribution in [1.82, 2.24) is 19.9 Å². The highest BCUT2D eigenvalue weighted by atomic mass is 32.2. The topological polar surface area (TPSA) is 107 Å². The number of pyridine rings is 2. The van der Waals surface area contributed by atoms with E-state index in [0.29, 0.717) is 40.0 Å². The van der Waals surface area contributed by atoms with Crippen LogP contribution in [0.2, 0.25) is 0 Å².